The largest absolute Gasteiger partial charge is 0.278 e. The highest BCUT2D eigenvalue weighted by Gasteiger charge is 2.24. The van der Waals surface area contributed by atoms with Crippen LogP contribution in [0.3, 0.4) is 0 Å². The Kier molecular flexibility index (Phi) is 4.83. The maximum Gasteiger partial charge on any atom is 0.261 e. The zero-order chi connectivity index (χ0) is 18.8. The van der Waals surface area contributed by atoms with Gasteiger partial charge in [0.05, 0.1) is 33.0 Å². The smallest absolute Gasteiger partial charge is 0.261 e. The Morgan fingerprint density at radius 2 is 1.93 bits per heavy atom. The molecule has 0 aliphatic rings. The molecule has 0 unspecified atom stereocenters. The molecule has 0 atom stereocenters. The number of pyridine rings is 1. The van der Waals surface area contributed by atoms with Gasteiger partial charge < -0.3 is 0 Å². The monoisotopic (exact) mass is 397 g/mol. The lowest BCUT2D eigenvalue weighted by Gasteiger charge is -2.20. The summed E-state index contributed by atoms with van der Waals surface area (Å²) in [5.41, 5.74) is 1.73. The number of rotatable bonds is 4. The Morgan fingerprint density at radius 1 is 1.11 bits per heavy atom. The first-order valence-electron chi connectivity index (χ1n) is 8.14. The highest BCUT2D eigenvalue weighted by atomic mass is 35.5. The van der Waals surface area contributed by atoms with Gasteiger partial charge in [0, 0.05) is 6.20 Å². The summed E-state index contributed by atoms with van der Waals surface area (Å²) in [6.45, 7) is 0.229. The van der Waals surface area contributed by atoms with Crippen molar-refractivity contribution in [2.75, 3.05) is 4.90 Å². The van der Waals surface area contributed by atoms with Crippen LogP contribution in [0.25, 0.3) is 10.2 Å². The molecule has 0 saturated heterocycles. The molecule has 0 radical (unpaired) electrons. The Labute approximate surface area is 163 Å². The minimum absolute atomic E-state index is 0.0622. The molecule has 134 valence electrons. The van der Waals surface area contributed by atoms with Crippen molar-refractivity contribution in [2.24, 2.45) is 0 Å². The van der Waals surface area contributed by atoms with Gasteiger partial charge in [-0.3, -0.25) is 14.7 Å². The van der Waals surface area contributed by atoms with Crippen LogP contribution in [0.15, 0.2) is 66.9 Å². The van der Waals surface area contributed by atoms with E-state index in [1.165, 1.54) is 28.4 Å². The number of halogens is 2. The topological polar surface area (TPSA) is 46.1 Å². The number of nitrogens with zero attached hydrogens (tertiary/aromatic N) is 3. The van der Waals surface area contributed by atoms with E-state index in [2.05, 4.69) is 9.97 Å². The number of thiazole rings is 1. The molecule has 0 N–H and O–H groups in total. The third-order valence-electron chi connectivity index (χ3n) is 3.97. The number of fused-ring (bicyclic) bond motifs is 1. The number of amides is 1. The molecule has 2 aromatic carbocycles. The van der Waals surface area contributed by atoms with Crippen LogP contribution in [0.5, 0.6) is 0 Å². The minimum atomic E-state index is -0.493. The van der Waals surface area contributed by atoms with Crippen LogP contribution in [-0.4, -0.2) is 15.9 Å². The van der Waals surface area contributed by atoms with Gasteiger partial charge in [0.1, 0.15) is 5.82 Å². The molecule has 0 fully saturated rings. The van der Waals surface area contributed by atoms with Crippen LogP contribution in [-0.2, 0) is 6.54 Å². The standard InChI is InChI=1S/C20H13ClFN3OS/c21-16-11-13(22)8-9-15(16)19(26)25(12-14-5-3-4-10-23-14)20-24-17-6-1-2-7-18(17)27-20/h1-11H,12H2. The molecule has 2 aromatic heterocycles. The van der Waals surface area contributed by atoms with Gasteiger partial charge in [0.15, 0.2) is 5.13 Å². The fraction of sp³-hybridized carbons (Fsp3) is 0.0500. The van der Waals surface area contributed by atoms with E-state index >= 15 is 0 Å². The van der Waals surface area contributed by atoms with Crippen LogP contribution in [0.1, 0.15) is 16.1 Å². The Morgan fingerprint density at radius 3 is 2.67 bits per heavy atom. The Bertz CT molecular complexity index is 1080. The first-order chi connectivity index (χ1) is 13.1. The first kappa shape index (κ1) is 17.6. The summed E-state index contributed by atoms with van der Waals surface area (Å²) in [6.07, 6.45) is 1.67. The number of benzene rings is 2. The molecule has 4 aromatic rings. The molecule has 4 nitrogen and oxygen atoms in total. The van der Waals surface area contributed by atoms with E-state index in [-0.39, 0.29) is 23.0 Å². The molecule has 1 amide bonds. The third kappa shape index (κ3) is 3.67. The maximum absolute atomic E-state index is 13.4. The lowest BCUT2D eigenvalue weighted by Crippen LogP contribution is -2.31. The van der Waals surface area contributed by atoms with Gasteiger partial charge in [-0.1, -0.05) is 41.1 Å². The number of hydrogen-bond donors (Lipinski definition) is 0. The number of carbonyl (C=O) groups excluding carboxylic acids is 1. The first-order valence-corrected chi connectivity index (χ1v) is 9.33. The third-order valence-corrected chi connectivity index (χ3v) is 5.34. The molecule has 7 heteroatoms. The molecule has 0 saturated carbocycles. The number of carbonyl (C=O) groups is 1. The lowest BCUT2D eigenvalue weighted by atomic mass is 10.2. The summed E-state index contributed by atoms with van der Waals surface area (Å²) >= 11 is 7.52. The van der Waals surface area contributed by atoms with Crippen LogP contribution in [0.2, 0.25) is 5.02 Å². The predicted octanol–water partition coefficient (Wildman–Crippen LogP) is 5.33. The van der Waals surface area contributed by atoms with E-state index in [0.717, 1.165) is 16.3 Å². The maximum atomic E-state index is 13.4. The predicted molar refractivity (Wildman–Crippen MR) is 106 cm³/mol. The van der Waals surface area contributed by atoms with Crippen molar-refractivity contribution in [3.05, 3.63) is 89.0 Å². The fourth-order valence-corrected chi connectivity index (χ4v) is 3.88. The zero-order valence-corrected chi connectivity index (χ0v) is 15.5. The molecular weight excluding hydrogens is 385 g/mol. The summed E-state index contributed by atoms with van der Waals surface area (Å²) in [7, 11) is 0. The van der Waals surface area contributed by atoms with E-state index in [1.54, 1.807) is 6.20 Å². The van der Waals surface area contributed by atoms with E-state index in [1.807, 2.05) is 42.5 Å². The lowest BCUT2D eigenvalue weighted by molar-refractivity contribution is 0.0985. The van der Waals surface area contributed by atoms with Gasteiger partial charge in [-0.15, -0.1) is 0 Å². The second kappa shape index (κ2) is 7.42. The highest BCUT2D eigenvalue weighted by Crippen LogP contribution is 2.31. The second-order valence-corrected chi connectivity index (χ2v) is 7.22. The quantitative estimate of drug-likeness (QED) is 0.467. The van der Waals surface area contributed by atoms with Crippen LogP contribution in [0, 0.1) is 5.82 Å². The molecule has 4 rings (SSSR count). The molecule has 0 spiro atoms. The van der Waals surface area contributed by atoms with Crippen molar-refractivity contribution >= 4 is 44.2 Å². The van der Waals surface area contributed by atoms with E-state index < -0.39 is 5.82 Å². The van der Waals surface area contributed by atoms with Gasteiger partial charge in [0.25, 0.3) is 5.91 Å². The average Bonchev–Trinajstić information content (AvgIpc) is 3.10. The normalized spacial score (nSPS) is 10.9. The van der Waals surface area contributed by atoms with Crippen molar-refractivity contribution in [1.29, 1.82) is 0 Å². The SMILES string of the molecule is O=C(c1ccc(F)cc1Cl)N(Cc1ccccn1)c1nc2ccccc2s1. The zero-order valence-electron chi connectivity index (χ0n) is 14.0. The van der Waals surface area contributed by atoms with Gasteiger partial charge in [0.2, 0.25) is 0 Å². The van der Waals surface area contributed by atoms with E-state index in [9.17, 15) is 9.18 Å². The van der Waals surface area contributed by atoms with E-state index in [4.69, 9.17) is 11.6 Å². The Balaban J connectivity index is 1.78. The van der Waals surface area contributed by atoms with Crippen LogP contribution in [0.4, 0.5) is 9.52 Å². The summed E-state index contributed by atoms with van der Waals surface area (Å²) in [5.74, 6) is -0.850. The molecule has 0 bridgehead atoms. The Hall–Kier alpha value is -2.83. The number of anilines is 1. The molecule has 27 heavy (non-hydrogen) atoms. The number of aromatic nitrogens is 2. The summed E-state index contributed by atoms with van der Waals surface area (Å²) < 4.78 is 14.4. The molecular formula is C20H13ClFN3OS. The van der Waals surface area contributed by atoms with Crippen LogP contribution >= 0.6 is 22.9 Å². The highest BCUT2D eigenvalue weighted by molar-refractivity contribution is 7.22. The van der Waals surface area contributed by atoms with Gasteiger partial charge in [-0.25, -0.2) is 9.37 Å². The molecule has 0 aliphatic carbocycles. The summed E-state index contributed by atoms with van der Waals surface area (Å²) in [4.78, 5) is 23.6. The van der Waals surface area contributed by atoms with Crippen molar-refractivity contribution in [3.63, 3.8) is 0 Å². The van der Waals surface area contributed by atoms with E-state index in [0.29, 0.717) is 10.8 Å². The molecule has 2 heterocycles. The van der Waals surface area contributed by atoms with Gasteiger partial charge in [-0.05, 0) is 42.5 Å². The summed E-state index contributed by atoms with van der Waals surface area (Å²) in [5, 5.41) is 0.597. The van der Waals surface area contributed by atoms with Crippen molar-refractivity contribution in [3.8, 4) is 0 Å². The van der Waals surface area contributed by atoms with Crippen LogP contribution < -0.4 is 4.90 Å². The van der Waals surface area contributed by atoms with Gasteiger partial charge >= 0.3 is 0 Å². The number of para-hydroxylation sites is 1. The van der Waals surface area contributed by atoms with Crippen molar-refractivity contribution in [1.82, 2.24) is 9.97 Å². The van der Waals surface area contributed by atoms with Crippen molar-refractivity contribution < 1.29 is 9.18 Å². The summed E-state index contributed by atoms with van der Waals surface area (Å²) in [6, 6.07) is 16.9. The average molecular weight is 398 g/mol. The second-order valence-electron chi connectivity index (χ2n) is 5.80. The van der Waals surface area contributed by atoms with Crippen molar-refractivity contribution in [2.45, 2.75) is 6.54 Å². The van der Waals surface area contributed by atoms with Gasteiger partial charge in [-0.2, -0.15) is 0 Å². The number of hydrogen-bond acceptors (Lipinski definition) is 4. The molecule has 0 aliphatic heterocycles. The fourth-order valence-electron chi connectivity index (χ4n) is 2.66. The minimum Gasteiger partial charge on any atom is -0.278 e.